The molecule has 2 aromatic carbocycles. The second-order valence-electron chi connectivity index (χ2n) is 9.76. The van der Waals surface area contributed by atoms with Crippen LogP contribution in [0, 0.1) is 5.92 Å². The first kappa shape index (κ1) is 26.1. The zero-order chi connectivity index (χ0) is 24.6. The maximum atomic E-state index is 13.1. The van der Waals surface area contributed by atoms with E-state index < -0.39 is 24.0 Å². The number of rotatable bonds is 9. The molecule has 0 saturated carbocycles. The van der Waals surface area contributed by atoms with E-state index in [0.29, 0.717) is 18.4 Å². The highest BCUT2D eigenvalue weighted by Gasteiger charge is 2.28. The summed E-state index contributed by atoms with van der Waals surface area (Å²) in [7, 11) is 1.29. The van der Waals surface area contributed by atoms with Gasteiger partial charge in [0.15, 0.2) is 0 Å². The van der Waals surface area contributed by atoms with Crippen molar-refractivity contribution in [2.75, 3.05) is 7.11 Å². The highest BCUT2D eigenvalue weighted by molar-refractivity contribution is 5.98. The number of hydrogen-bond acceptors (Lipinski definition) is 4. The molecule has 33 heavy (non-hydrogen) atoms. The smallest absolute Gasteiger partial charge is 0.328 e. The highest BCUT2D eigenvalue weighted by atomic mass is 16.5. The molecule has 0 spiro atoms. The van der Waals surface area contributed by atoms with Crippen LogP contribution in [-0.4, -0.2) is 37.0 Å². The molecule has 2 rings (SSSR count). The number of hydrogen-bond donors (Lipinski definition) is 2. The van der Waals surface area contributed by atoms with Crippen LogP contribution in [0.2, 0.25) is 0 Å². The lowest BCUT2D eigenvalue weighted by molar-refractivity contribution is -0.145. The Labute approximate surface area is 197 Å². The summed E-state index contributed by atoms with van der Waals surface area (Å²) in [5.41, 5.74) is 2.49. The largest absolute Gasteiger partial charge is 0.467 e. The van der Waals surface area contributed by atoms with Gasteiger partial charge in [0, 0.05) is 12.0 Å². The lowest BCUT2D eigenvalue weighted by atomic mass is 9.86. The van der Waals surface area contributed by atoms with E-state index in [2.05, 4.69) is 31.4 Å². The average Bonchev–Trinajstić information content (AvgIpc) is 2.77. The van der Waals surface area contributed by atoms with Gasteiger partial charge in [0.2, 0.25) is 5.91 Å². The summed E-state index contributed by atoms with van der Waals surface area (Å²) >= 11 is 0. The van der Waals surface area contributed by atoms with E-state index in [9.17, 15) is 14.4 Å². The van der Waals surface area contributed by atoms with Gasteiger partial charge >= 0.3 is 5.97 Å². The predicted molar refractivity (Wildman–Crippen MR) is 130 cm³/mol. The van der Waals surface area contributed by atoms with Crippen LogP contribution in [0.25, 0.3) is 0 Å². The Morgan fingerprint density at radius 2 is 1.48 bits per heavy atom. The third-order valence-corrected chi connectivity index (χ3v) is 5.43. The van der Waals surface area contributed by atoms with Crippen molar-refractivity contribution in [1.82, 2.24) is 10.6 Å². The summed E-state index contributed by atoms with van der Waals surface area (Å²) in [6.07, 6.45) is 0.743. The van der Waals surface area contributed by atoms with Crippen LogP contribution in [0.3, 0.4) is 0 Å². The number of carbonyl (C=O) groups is 3. The van der Waals surface area contributed by atoms with Crippen LogP contribution in [0.4, 0.5) is 0 Å². The molecular formula is C27H36N2O4. The molecular weight excluding hydrogens is 416 g/mol. The Hall–Kier alpha value is -3.15. The Balaban J connectivity index is 2.15. The molecule has 0 radical (unpaired) electrons. The minimum Gasteiger partial charge on any atom is -0.467 e. The number of carbonyl (C=O) groups excluding carboxylic acids is 3. The summed E-state index contributed by atoms with van der Waals surface area (Å²) in [4.78, 5) is 38.3. The van der Waals surface area contributed by atoms with Gasteiger partial charge in [-0.05, 0) is 41.0 Å². The summed E-state index contributed by atoms with van der Waals surface area (Å²) in [6, 6.07) is 15.2. The number of ether oxygens (including phenoxy) is 1. The number of methoxy groups -OCH3 is 1. The minimum absolute atomic E-state index is 0.0171. The monoisotopic (exact) mass is 452 g/mol. The fraction of sp³-hybridized carbons (Fsp3) is 0.444. The molecule has 0 bridgehead atoms. The second-order valence-corrected chi connectivity index (χ2v) is 9.76. The molecule has 0 fully saturated rings. The van der Waals surface area contributed by atoms with Crippen LogP contribution in [0.15, 0.2) is 54.6 Å². The van der Waals surface area contributed by atoms with E-state index in [4.69, 9.17) is 4.74 Å². The number of esters is 1. The van der Waals surface area contributed by atoms with Gasteiger partial charge in [-0.1, -0.05) is 77.1 Å². The van der Waals surface area contributed by atoms with Crippen molar-refractivity contribution in [2.24, 2.45) is 5.92 Å². The first-order valence-electron chi connectivity index (χ1n) is 11.3. The standard InChI is InChI=1S/C27H36N2O4/c1-18(2)16-22(28-24(30)20-12-14-21(15-13-20)27(3,4)5)25(31)29-23(26(32)33-6)17-19-10-8-7-9-11-19/h7-15,18,22-23H,16-17H2,1-6H3,(H,28,30)(H,29,31)/t22-,23-/m1/s1. The molecule has 6 nitrogen and oxygen atoms in total. The Morgan fingerprint density at radius 3 is 2.00 bits per heavy atom. The predicted octanol–water partition coefficient (Wildman–Crippen LogP) is 4.03. The quantitative estimate of drug-likeness (QED) is 0.563. The van der Waals surface area contributed by atoms with Crippen LogP contribution < -0.4 is 10.6 Å². The highest BCUT2D eigenvalue weighted by Crippen LogP contribution is 2.22. The van der Waals surface area contributed by atoms with E-state index >= 15 is 0 Å². The number of nitrogens with one attached hydrogen (secondary N) is 2. The maximum absolute atomic E-state index is 13.1. The second kappa shape index (κ2) is 11.6. The molecule has 0 aliphatic rings. The maximum Gasteiger partial charge on any atom is 0.328 e. The molecule has 6 heteroatoms. The fourth-order valence-electron chi connectivity index (χ4n) is 3.52. The molecule has 2 amide bonds. The van der Waals surface area contributed by atoms with Gasteiger partial charge in [0.1, 0.15) is 12.1 Å². The third-order valence-electron chi connectivity index (χ3n) is 5.43. The molecule has 2 aromatic rings. The zero-order valence-corrected chi connectivity index (χ0v) is 20.5. The number of amides is 2. The van der Waals surface area contributed by atoms with E-state index in [0.717, 1.165) is 11.1 Å². The van der Waals surface area contributed by atoms with Crippen molar-refractivity contribution < 1.29 is 19.1 Å². The molecule has 0 aliphatic carbocycles. The van der Waals surface area contributed by atoms with Crippen molar-refractivity contribution in [3.63, 3.8) is 0 Å². The first-order chi connectivity index (χ1) is 15.5. The molecule has 0 heterocycles. The normalized spacial score (nSPS) is 13.2. The van der Waals surface area contributed by atoms with Crippen molar-refractivity contribution in [3.8, 4) is 0 Å². The lowest BCUT2D eigenvalue weighted by Gasteiger charge is -2.24. The van der Waals surface area contributed by atoms with E-state index in [1.54, 1.807) is 12.1 Å². The van der Waals surface area contributed by atoms with Crippen molar-refractivity contribution in [2.45, 2.75) is 65.0 Å². The fourth-order valence-corrected chi connectivity index (χ4v) is 3.52. The molecule has 2 atom stereocenters. The molecule has 2 N–H and O–H groups in total. The van der Waals surface area contributed by atoms with Crippen molar-refractivity contribution >= 4 is 17.8 Å². The molecule has 0 saturated heterocycles. The Kier molecular flexibility index (Phi) is 9.21. The van der Waals surface area contributed by atoms with E-state index in [1.165, 1.54) is 7.11 Å². The molecule has 0 unspecified atom stereocenters. The minimum atomic E-state index is -0.845. The van der Waals surface area contributed by atoms with Gasteiger partial charge < -0.3 is 15.4 Å². The van der Waals surface area contributed by atoms with Crippen LogP contribution in [0.1, 0.15) is 62.5 Å². The van der Waals surface area contributed by atoms with Gasteiger partial charge in [-0.15, -0.1) is 0 Å². The molecule has 0 aliphatic heterocycles. The van der Waals surface area contributed by atoms with Crippen LogP contribution in [-0.2, 0) is 26.2 Å². The topological polar surface area (TPSA) is 84.5 Å². The summed E-state index contributed by atoms with van der Waals surface area (Å²) in [5, 5.41) is 5.62. The summed E-state index contributed by atoms with van der Waals surface area (Å²) in [6.45, 7) is 10.3. The van der Waals surface area contributed by atoms with Crippen LogP contribution in [0.5, 0.6) is 0 Å². The van der Waals surface area contributed by atoms with Crippen molar-refractivity contribution in [1.29, 1.82) is 0 Å². The Bertz CT molecular complexity index is 931. The molecule has 178 valence electrons. The van der Waals surface area contributed by atoms with E-state index in [1.807, 2.05) is 56.3 Å². The number of benzene rings is 2. The lowest BCUT2D eigenvalue weighted by Crippen LogP contribution is -2.52. The average molecular weight is 453 g/mol. The first-order valence-corrected chi connectivity index (χ1v) is 11.3. The Morgan fingerprint density at radius 1 is 0.879 bits per heavy atom. The summed E-state index contributed by atoms with van der Waals surface area (Å²) < 4.78 is 4.89. The molecule has 0 aromatic heterocycles. The third kappa shape index (κ3) is 8.04. The summed E-state index contributed by atoms with van der Waals surface area (Å²) in [5.74, 6) is -1.10. The van der Waals surface area contributed by atoms with Crippen molar-refractivity contribution in [3.05, 3.63) is 71.3 Å². The van der Waals surface area contributed by atoms with Crippen LogP contribution >= 0.6 is 0 Å². The van der Waals surface area contributed by atoms with Gasteiger partial charge in [-0.3, -0.25) is 9.59 Å². The van der Waals surface area contributed by atoms with Gasteiger partial charge in [0.05, 0.1) is 7.11 Å². The zero-order valence-electron chi connectivity index (χ0n) is 20.5. The van der Waals surface area contributed by atoms with Gasteiger partial charge in [-0.2, -0.15) is 0 Å². The SMILES string of the molecule is COC(=O)[C@@H](Cc1ccccc1)NC(=O)[C@@H](CC(C)C)NC(=O)c1ccc(C(C)(C)C)cc1. The van der Waals surface area contributed by atoms with Gasteiger partial charge in [-0.25, -0.2) is 4.79 Å². The van der Waals surface area contributed by atoms with E-state index in [-0.39, 0.29) is 17.2 Å². The van der Waals surface area contributed by atoms with Gasteiger partial charge in [0.25, 0.3) is 5.91 Å².